The quantitative estimate of drug-likeness (QED) is 0.880. The highest BCUT2D eigenvalue weighted by Gasteiger charge is 2.09. The van der Waals surface area contributed by atoms with Crippen LogP contribution in [-0.4, -0.2) is 13.2 Å². The number of rotatable bonds is 4. The Hall–Kier alpha value is -1.96. The Labute approximate surface area is 120 Å². The summed E-state index contributed by atoms with van der Waals surface area (Å²) in [5, 5.41) is 3.49. The summed E-state index contributed by atoms with van der Waals surface area (Å²) in [7, 11) is 0. The minimum atomic E-state index is 0.780. The molecule has 2 aromatic carbocycles. The summed E-state index contributed by atoms with van der Waals surface area (Å²) in [6.07, 6.45) is 3.46. The lowest BCUT2D eigenvalue weighted by atomic mass is 9.98. The Balaban J connectivity index is 1.81. The first-order valence-electron chi connectivity index (χ1n) is 7.47. The van der Waals surface area contributed by atoms with Crippen LogP contribution < -0.4 is 10.1 Å². The molecular weight excluding hydrogens is 246 g/mol. The van der Waals surface area contributed by atoms with Gasteiger partial charge in [0.05, 0.1) is 6.61 Å². The highest BCUT2D eigenvalue weighted by molar-refractivity contribution is 5.71. The number of fused-ring (bicyclic) bond motifs is 1. The normalized spacial score (nSPS) is 13.4. The third kappa shape index (κ3) is 2.79. The maximum atomic E-state index is 5.62. The van der Waals surface area contributed by atoms with Crippen LogP contribution in [0, 0.1) is 0 Å². The fourth-order valence-electron chi connectivity index (χ4n) is 2.60. The molecule has 0 amide bonds. The molecule has 1 heterocycles. The second-order valence-electron chi connectivity index (χ2n) is 5.28. The van der Waals surface area contributed by atoms with E-state index in [1.807, 2.05) is 0 Å². The van der Waals surface area contributed by atoms with Gasteiger partial charge in [0.1, 0.15) is 5.75 Å². The zero-order chi connectivity index (χ0) is 13.8. The second kappa shape index (κ2) is 6.00. The number of anilines is 1. The minimum absolute atomic E-state index is 0.780. The zero-order valence-corrected chi connectivity index (χ0v) is 12.0. The van der Waals surface area contributed by atoms with Crippen molar-refractivity contribution in [3.63, 3.8) is 0 Å². The average molecular weight is 267 g/mol. The van der Waals surface area contributed by atoms with Gasteiger partial charge in [-0.25, -0.2) is 0 Å². The van der Waals surface area contributed by atoms with Crippen molar-refractivity contribution in [2.45, 2.75) is 26.2 Å². The molecule has 104 valence electrons. The summed E-state index contributed by atoms with van der Waals surface area (Å²) in [6.45, 7) is 3.98. The van der Waals surface area contributed by atoms with Crippen LogP contribution in [0.3, 0.4) is 0 Å². The van der Waals surface area contributed by atoms with Crippen LogP contribution in [0.25, 0.3) is 11.1 Å². The van der Waals surface area contributed by atoms with Crippen molar-refractivity contribution < 1.29 is 4.74 Å². The van der Waals surface area contributed by atoms with E-state index in [9.17, 15) is 0 Å². The molecule has 3 rings (SSSR count). The molecule has 0 bridgehead atoms. The van der Waals surface area contributed by atoms with Crippen LogP contribution >= 0.6 is 0 Å². The highest BCUT2D eigenvalue weighted by atomic mass is 16.5. The first-order chi connectivity index (χ1) is 9.86. The summed E-state index contributed by atoms with van der Waals surface area (Å²) in [5.41, 5.74) is 5.23. The number of nitrogens with one attached hydrogen (secondary N) is 1. The van der Waals surface area contributed by atoms with Crippen molar-refractivity contribution >= 4 is 5.69 Å². The molecule has 0 spiro atoms. The van der Waals surface area contributed by atoms with Gasteiger partial charge >= 0.3 is 0 Å². The fourth-order valence-corrected chi connectivity index (χ4v) is 2.60. The molecule has 2 nitrogen and oxygen atoms in total. The molecule has 20 heavy (non-hydrogen) atoms. The smallest absolute Gasteiger partial charge is 0.119 e. The van der Waals surface area contributed by atoms with Gasteiger partial charge in [-0.1, -0.05) is 31.2 Å². The van der Waals surface area contributed by atoms with Crippen molar-refractivity contribution in [2.24, 2.45) is 0 Å². The fraction of sp³-hybridized carbons (Fsp3) is 0.333. The molecule has 1 aliphatic rings. The van der Waals surface area contributed by atoms with Crippen LogP contribution in [0.15, 0.2) is 42.5 Å². The van der Waals surface area contributed by atoms with E-state index in [1.165, 1.54) is 35.2 Å². The van der Waals surface area contributed by atoms with Crippen molar-refractivity contribution in [2.75, 3.05) is 18.5 Å². The largest absolute Gasteiger partial charge is 0.494 e. The molecule has 0 aliphatic carbocycles. The Kier molecular flexibility index (Phi) is 3.91. The van der Waals surface area contributed by atoms with Crippen LogP contribution in [0.5, 0.6) is 5.75 Å². The highest BCUT2D eigenvalue weighted by Crippen LogP contribution is 2.29. The summed E-state index contributed by atoms with van der Waals surface area (Å²) in [5.74, 6) is 0.951. The zero-order valence-electron chi connectivity index (χ0n) is 12.0. The van der Waals surface area contributed by atoms with Gasteiger partial charge in [0.15, 0.2) is 0 Å². The van der Waals surface area contributed by atoms with Gasteiger partial charge in [0.2, 0.25) is 0 Å². The molecule has 2 aromatic rings. The SMILES string of the molecule is CCCOc1ccc(-c2ccc3c(c2)NCCC3)cc1. The minimum Gasteiger partial charge on any atom is -0.494 e. The van der Waals surface area contributed by atoms with Gasteiger partial charge in [-0.05, 0) is 54.2 Å². The third-order valence-corrected chi connectivity index (χ3v) is 3.71. The van der Waals surface area contributed by atoms with E-state index in [2.05, 4.69) is 54.7 Å². The summed E-state index contributed by atoms with van der Waals surface area (Å²) in [6, 6.07) is 15.1. The number of hydrogen-bond donors (Lipinski definition) is 1. The lowest BCUT2D eigenvalue weighted by Crippen LogP contribution is -2.11. The van der Waals surface area contributed by atoms with Crippen LogP contribution in [-0.2, 0) is 6.42 Å². The topological polar surface area (TPSA) is 21.3 Å². The van der Waals surface area contributed by atoms with Crippen LogP contribution in [0.4, 0.5) is 5.69 Å². The summed E-state index contributed by atoms with van der Waals surface area (Å²) < 4.78 is 5.62. The molecule has 0 radical (unpaired) electrons. The molecule has 0 fully saturated rings. The Morgan fingerprint density at radius 2 is 1.85 bits per heavy atom. The van der Waals surface area contributed by atoms with E-state index in [0.717, 1.165) is 25.3 Å². The second-order valence-corrected chi connectivity index (χ2v) is 5.28. The van der Waals surface area contributed by atoms with Gasteiger partial charge in [0.25, 0.3) is 0 Å². The van der Waals surface area contributed by atoms with Crippen LogP contribution in [0.2, 0.25) is 0 Å². The van der Waals surface area contributed by atoms with E-state index in [-0.39, 0.29) is 0 Å². The van der Waals surface area contributed by atoms with Gasteiger partial charge < -0.3 is 10.1 Å². The van der Waals surface area contributed by atoms with E-state index in [1.54, 1.807) is 0 Å². The molecule has 0 unspecified atom stereocenters. The van der Waals surface area contributed by atoms with Gasteiger partial charge in [0, 0.05) is 12.2 Å². The standard InChI is InChI=1S/C18H21NO/c1-2-12-20-17-9-7-14(8-10-17)16-6-5-15-4-3-11-19-18(15)13-16/h5-10,13,19H,2-4,11-12H2,1H3. The molecule has 2 heteroatoms. The molecule has 0 saturated heterocycles. The lowest BCUT2D eigenvalue weighted by Gasteiger charge is -2.18. The Bertz CT molecular complexity index is 574. The van der Waals surface area contributed by atoms with Gasteiger partial charge in [-0.2, -0.15) is 0 Å². The van der Waals surface area contributed by atoms with Crippen molar-refractivity contribution in [1.82, 2.24) is 0 Å². The first-order valence-corrected chi connectivity index (χ1v) is 7.47. The molecule has 0 atom stereocenters. The Morgan fingerprint density at radius 1 is 1.05 bits per heavy atom. The first kappa shape index (κ1) is 13.0. The van der Waals surface area contributed by atoms with E-state index >= 15 is 0 Å². The number of ether oxygens (including phenoxy) is 1. The van der Waals surface area contributed by atoms with Crippen molar-refractivity contribution in [1.29, 1.82) is 0 Å². The van der Waals surface area contributed by atoms with Crippen molar-refractivity contribution in [3.8, 4) is 16.9 Å². The van der Waals surface area contributed by atoms with E-state index in [0.29, 0.717) is 0 Å². The number of aryl methyl sites for hydroxylation is 1. The predicted molar refractivity (Wildman–Crippen MR) is 84.5 cm³/mol. The van der Waals surface area contributed by atoms with E-state index in [4.69, 9.17) is 4.74 Å². The molecule has 1 aliphatic heterocycles. The third-order valence-electron chi connectivity index (χ3n) is 3.71. The number of hydrogen-bond acceptors (Lipinski definition) is 2. The lowest BCUT2D eigenvalue weighted by molar-refractivity contribution is 0.317. The van der Waals surface area contributed by atoms with Crippen LogP contribution in [0.1, 0.15) is 25.3 Å². The van der Waals surface area contributed by atoms with Crippen molar-refractivity contribution in [3.05, 3.63) is 48.0 Å². The van der Waals surface area contributed by atoms with Gasteiger partial charge in [-0.15, -0.1) is 0 Å². The molecular formula is C18H21NO. The number of benzene rings is 2. The average Bonchev–Trinajstić information content (AvgIpc) is 2.53. The molecule has 1 N–H and O–H groups in total. The molecule has 0 aromatic heterocycles. The summed E-state index contributed by atoms with van der Waals surface area (Å²) >= 11 is 0. The van der Waals surface area contributed by atoms with Gasteiger partial charge in [-0.3, -0.25) is 0 Å². The predicted octanol–water partition coefficient (Wildman–Crippen LogP) is 4.50. The maximum Gasteiger partial charge on any atom is 0.119 e. The molecule has 0 saturated carbocycles. The van der Waals surface area contributed by atoms with E-state index < -0.39 is 0 Å². The monoisotopic (exact) mass is 267 g/mol. The maximum absolute atomic E-state index is 5.62. The Morgan fingerprint density at radius 3 is 2.65 bits per heavy atom. The summed E-state index contributed by atoms with van der Waals surface area (Å²) in [4.78, 5) is 0.